The molecule has 1 aliphatic heterocycles. The Morgan fingerprint density at radius 1 is 1.26 bits per heavy atom. The van der Waals surface area contributed by atoms with Crippen LogP contribution < -0.4 is 14.8 Å². The van der Waals surface area contributed by atoms with Gasteiger partial charge >= 0.3 is 6.61 Å². The zero-order chi connectivity index (χ0) is 22.3. The molecule has 0 spiro atoms. The number of carbonyl (C=O) groups excluding carboxylic acids is 1. The zero-order valence-electron chi connectivity index (χ0n) is 17.1. The zero-order valence-corrected chi connectivity index (χ0v) is 18.7. The summed E-state index contributed by atoms with van der Waals surface area (Å²) in [7, 11) is 1.36. The first kappa shape index (κ1) is 23.2. The van der Waals surface area contributed by atoms with Crippen molar-refractivity contribution in [2.75, 3.05) is 26.9 Å². The molecule has 1 saturated heterocycles. The Morgan fingerprint density at radius 2 is 2.00 bits per heavy atom. The fourth-order valence-corrected chi connectivity index (χ4v) is 4.07. The van der Waals surface area contributed by atoms with Crippen molar-refractivity contribution in [2.45, 2.75) is 24.9 Å². The van der Waals surface area contributed by atoms with Gasteiger partial charge in [-0.3, -0.25) is 4.79 Å². The first-order chi connectivity index (χ1) is 14.9. The van der Waals surface area contributed by atoms with Gasteiger partial charge in [-0.2, -0.15) is 8.78 Å². The van der Waals surface area contributed by atoms with E-state index < -0.39 is 6.61 Å². The number of methoxy groups -OCH3 is 1. The number of benzene rings is 2. The molecule has 1 fully saturated rings. The Morgan fingerprint density at radius 3 is 2.68 bits per heavy atom. The fraction of sp³-hybridized carbons (Fsp3) is 0.348. The molecule has 31 heavy (non-hydrogen) atoms. The van der Waals surface area contributed by atoms with Gasteiger partial charge in [-0.25, -0.2) is 0 Å². The van der Waals surface area contributed by atoms with Gasteiger partial charge in [0.25, 0.3) is 0 Å². The lowest BCUT2D eigenvalue weighted by molar-refractivity contribution is -0.116. The fourth-order valence-electron chi connectivity index (χ4n) is 3.67. The van der Waals surface area contributed by atoms with Crippen LogP contribution in [0.5, 0.6) is 11.5 Å². The first-order valence-corrected chi connectivity index (χ1v) is 10.6. The van der Waals surface area contributed by atoms with E-state index in [1.165, 1.54) is 25.3 Å². The Bertz CT molecular complexity index is 930. The van der Waals surface area contributed by atoms with Crippen molar-refractivity contribution in [3.63, 3.8) is 0 Å². The van der Waals surface area contributed by atoms with Crippen molar-refractivity contribution in [1.82, 2.24) is 5.32 Å². The summed E-state index contributed by atoms with van der Waals surface area (Å²) in [6.07, 6.45) is 4.32. The van der Waals surface area contributed by atoms with Gasteiger partial charge in [0.2, 0.25) is 5.91 Å². The average Bonchev–Trinajstić information content (AvgIpc) is 2.77. The van der Waals surface area contributed by atoms with Crippen molar-refractivity contribution in [3.05, 3.63) is 64.1 Å². The predicted molar refractivity (Wildman–Crippen MR) is 118 cm³/mol. The highest BCUT2D eigenvalue weighted by Gasteiger charge is 2.34. The van der Waals surface area contributed by atoms with Gasteiger partial charge in [-0.05, 0) is 42.7 Å². The number of hydrogen-bond acceptors (Lipinski definition) is 4. The van der Waals surface area contributed by atoms with E-state index in [4.69, 9.17) is 9.47 Å². The van der Waals surface area contributed by atoms with Crippen molar-refractivity contribution in [1.29, 1.82) is 0 Å². The molecule has 1 aliphatic rings. The van der Waals surface area contributed by atoms with Crippen LogP contribution in [0.1, 0.15) is 24.0 Å². The number of ether oxygens (including phenoxy) is 3. The van der Waals surface area contributed by atoms with E-state index in [1.807, 2.05) is 12.1 Å². The van der Waals surface area contributed by atoms with Crippen LogP contribution in [-0.2, 0) is 14.9 Å². The smallest absolute Gasteiger partial charge is 0.387 e. The molecule has 2 aromatic rings. The largest absolute Gasteiger partial charge is 0.493 e. The number of rotatable bonds is 8. The number of hydrogen-bond donors (Lipinski definition) is 1. The maximum atomic E-state index is 12.8. The van der Waals surface area contributed by atoms with Crippen molar-refractivity contribution >= 4 is 27.9 Å². The van der Waals surface area contributed by atoms with Gasteiger partial charge in [0.05, 0.1) is 7.11 Å². The molecule has 166 valence electrons. The van der Waals surface area contributed by atoms with Crippen LogP contribution >= 0.6 is 15.9 Å². The van der Waals surface area contributed by atoms with E-state index in [0.717, 1.165) is 22.9 Å². The Balaban J connectivity index is 1.73. The lowest BCUT2D eigenvalue weighted by Crippen LogP contribution is -2.44. The Labute approximate surface area is 188 Å². The molecule has 3 rings (SSSR count). The number of nitrogens with one attached hydrogen (secondary N) is 1. The summed E-state index contributed by atoms with van der Waals surface area (Å²) in [5.74, 6) is -0.274. The first-order valence-electron chi connectivity index (χ1n) is 9.85. The Kier molecular flexibility index (Phi) is 8.03. The highest BCUT2D eigenvalue weighted by molar-refractivity contribution is 9.10. The minimum Gasteiger partial charge on any atom is -0.493 e. The summed E-state index contributed by atoms with van der Waals surface area (Å²) in [5.41, 5.74) is 1.23. The highest BCUT2D eigenvalue weighted by atomic mass is 79.9. The second-order valence-electron chi connectivity index (χ2n) is 7.21. The van der Waals surface area contributed by atoms with Gasteiger partial charge in [0.15, 0.2) is 11.5 Å². The lowest BCUT2D eigenvalue weighted by Gasteiger charge is -2.38. The molecule has 0 saturated carbocycles. The molecule has 0 radical (unpaired) electrons. The second-order valence-corrected chi connectivity index (χ2v) is 8.13. The molecule has 8 heteroatoms. The maximum Gasteiger partial charge on any atom is 0.387 e. The van der Waals surface area contributed by atoms with Crippen LogP contribution in [-0.4, -0.2) is 39.4 Å². The predicted octanol–water partition coefficient (Wildman–Crippen LogP) is 4.94. The molecule has 1 amide bonds. The number of carbonyl (C=O) groups is 1. The van der Waals surface area contributed by atoms with Crippen molar-refractivity contribution < 1.29 is 27.8 Å². The van der Waals surface area contributed by atoms with E-state index in [1.54, 1.807) is 12.1 Å². The van der Waals surface area contributed by atoms with Gasteiger partial charge < -0.3 is 19.5 Å². The van der Waals surface area contributed by atoms with Crippen LogP contribution in [0.4, 0.5) is 8.78 Å². The molecule has 1 N–H and O–H groups in total. The molecular formula is C23H24BrF2NO4. The van der Waals surface area contributed by atoms with Crippen LogP contribution in [0.15, 0.2) is 53.0 Å². The normalized spacial score (nSPS) is 15.8. The number of para-hydroxylation sites is 1. The van der Waals surface area contributed by atoms with Gasteiger partial charge in [-0.1, -0.05) is 40.2 Å². The monoisotopic (exact) mass is 495 g/mol. The average molecular weight is 496 g/mol. The molecule has 0 aromatic heterocycles. The quantitative estimate of drug-likeness (QED) is 0.527. The van der Waals surface area contributed by atoms with Gasteiger partial charge in [0.1, 0.15) is 0 Å². The summed E-state index contributed by atoms with van der Waals surface area (Å²) >= 11 is 3.51. The van der Waals surface area contributed by atoms with Crippen LogP contribution in [0.3, 0.4) is 0 Å². The molecule has 0 bridgehead atoms. The number of halogens is 3. The molecule has 2 aromatic carbocycles. The lowest BCUT2D eigenvalue weighted by atomic mass is 9.74. The molecule has 0 unspecified atom stereocenters. The van der Waals surface area contributed by atoms with E-state index in [0.29, 0.717) is 25.3 Å². The SMILES string of the molecule is COc1cccc(/C=C/C(=O)NCC2(c3cccc(Br)c3)CCOCC2)c1OC(F)F. The molecular weight excluding hydrogens is 472 g/mol. The minimum absolute atomic E-state index is 0.112. The van der Waals surface area contributed by atoms with E-state index in [2.05, 4.69) is 38.1 Å². The summed E-state index contributed by atoms with van der Waals surface area (Å²) in [6, 6.07) is 12.8. The summed E-state index contributed by atoms with van der Waals surface area (Å²) in [6.45, 7) is -1.32. The third-order valence-electron chi connectivity index (χ3n) is 5.34. The Hall–Kier alpha value is -2.45. The third-order valence-corrected chi connectivity index (χ3v) is 5.83. The van der Waals surface area contributed by atoms with E-state index in [-0.39, 0.29) is 22.8 Å². The van der Waals surface area contributed by atoms with E-state index >= 15 is 0 Å². The molecule has 1 heterocycles. The summed E-state index contributed by atoms with van der Waals surface area (Å²) < 4.78 is 41.7. The standard InChI is InChI=1S/C23H24BrF2NO4/c1-29-19-7-2-4-16(21(19)31-22(25)26)8-9-20(28)27-15-23(10-12-30-13-11-23)17-5-3-6-18(24)14-17/h2-9,14,22H,10-13,15H2,1H3,(H,27,28)/b9-8+. The van der Waals surface area contributed by atoms with E-state index in [9.17, 15) is 13.6 Å². The van der Waals surface area contributed by atoms with Crippen molar-refractivity contribution in [2.24, 2.45) is 0 Å². The summed E-state index contributed by atoms with van der Waals surface area (Å²) in [5, 5.41) is 2.95. The second kappa shape index (κ2) is 10.7. The van der Waals surface area contributed by atoms with Gasteiger partial charge in [-0.15, -0.1) is 0 Å². The van der Waals surface area contributed by atoms with Crippen LogP contribution in [0, 0.1) is 0 Å². The number of alkyl halides is 2. The topological polar surface area (TPSA) is 56.8 Å². The minimum atomic E-state index is -3.00. The highest BCUT2D eigenvalue weighted by Crippen LogP contribution is 2.36. The van der Waals surface area contributed by atoms with Crippen LogP contribution in [0.2, 0.25) is 0 Å². The number of amides is 1. The third kappa shape index (κ3) is 6.04. The van der Waals surface area contributed by atoms with Gasteiger partial charge in [0, 0.05) is 41.3 Å². The maximum absolute atomic E-state index is 12.8. The van der Waals surface area contributed by atoms with Crippen LogP contribution in [0.25, 0.3) is 6.08 Å². The molecule has 0 atom stereocenters. The molecule has 5 nitrogen and oxygen atoms in total. The molecule has 0 aliphatic carbocycles. The summed E-state index contributed by atoms with van der Waals surface area (Å²) in [4.78, 5) is 12.5. The van der Waals surface area contributed by atoms with Crippen molar-refractivity contribution in [3.8, 4) is 11.5 Å².